The summed E-state index contributed by atoms with van der Waals surface area (Å²) in [5.74, 6) is 1.15. The van der Waals surface area contributed by atoms with E-state index in [0.717, 1.165) is 29.0 Å². The second-order valence-corrected chi connectivity index (χ2v) is 7.11. The summed E-state index contributed by atoms with van der Waals surface area (Å²) < 4.78 is 6.31. The van der Waals surface area contributed by atoms with Gasteiger partial charge in [0.25, 0.3) is 0 Å². The zero-order valence-electron chi connectivity index (χ0n) is 15.0. The van der Waals surface area contributed by atoms with Crippen LogP contribution in [0.1, 0.15) is 40.9 Å². The average molecular weight is 356 g/mol. The van der Waals surface area contributed by atoms with Crippen LogP contribution in [0, 0.1) is 6.92 Å². The summed E-state index contributed by atoms with van der Waals surface area (Å²) in [6.45, 7) is 2.09. The summed E-state index contributed by atoms with van der Waals surface area (Å²) in [5, 5.41) is 16.6. The van der Waals surface area contributed by atoms with Gasteiger partial charge in [-0.25, -0.2) is 5.01 Å². The molecule has 2 atom stereocenters. The molecule has 0 amide bonds. The van der Waals surface area contributed by atoms with E-state index in [9.17, 15) is 5.11 Å². The Balaban J connectivity index is 1.58. The highest BCUT2D eigenvalue weighted by molar-refractivity contribution is 6.02. The van der Waals surface area contributed by atoms with Gasteiger partial charge in [0, 0.05) is 17.5 Å². The van der Waals surface area contributed by atoms with Gasteiger partial charge in [0.2, 0.25) is 6.23 Å². The Kier molecular flexibility index (Phi) is 3.64. The third-order valence-electron chi connectivity index (χ3n) is 5.26. The first kappa shape index (κ1) is 15.9. The van der Waals surface area contributed by atoms with Gasteiger partial charge in [-0.15, -0.1) is 0 Å². The quantitative estimate of drug-likeness (QED) is 0.707. The minimum Gasteiger partial charge on any atom is -0.508 e. The van der Waals surface area contributed by atoms with Crippen LogP contribution in [0.4, 0.5) is 0 Å². The maximum atomic E-state index is 9.63. The molecule has 0 bridgehead atoms. The Morgan fingerprint density at radius 3 is 2.48 bits per heavy atom. The van der Waals surface area contributed by atoms with Crippen LogP contribution in [-0.2, 0) is 0 Å². The molecule has 3 aromatic carbocycles. The van der Waals surface area contributed by atoms with E-state index >= 15 is 0 Å². The van der Waals surface area contributed by atoms with E-state index < -0.39 is 0 Å². The number of para-hydroxylation sites is 1. The molecule has 5 rings (SSSR count). The molecule has 0 aliphatic carbocycles. The van der Waals surface area contributed by atoms with Crippen molar-refractivity contribution in [3.05, 3.63) is 95.1 Å². The minimum absolute atomic E-state index is 0.144. The first-order valence-electron chi connectivity index (χ1n) is 9.16. The van der Waals surface area contributed by atoms with Gasteiger partial charge >= 0.3 is 0 Å². The van der Waals surface area contributed by atoms with Gasteiger partial charge in [0.15, 0.2) is 0 Å². The number of nitrogens with zero attached hydrogens (tertiary/aromatic N) is 2. The molecule has 0 aromatic heterocycles. The van der Waals surface area contributed by atoms with Crippen LogP contribution in [0.3, 0.4) is 0 Å². The Hall–Kier alpha value is -3.27. The number of aromatic hydroxyl groups is 1. The van der Waals surface area contributed by atoms with Crippen molar-refractivity contribution in [2.45, 2.75) is 25.6 Å². The van der Waals surface area contributed by atoms with Gasteiger partial charge in [-0.2, -0.15) is 5.10 Å². The molecule has 0 fully saturated rings. The standard InChI is InChI=1S/C23H20N2O2/c1-15-6-8-16(9-7-15)20-14-21-19-4-2-3-5-22(19)27-23(25(21)24-20)17-10-12-18(26)13-11-17/h2-13,21,23,26H,14H2,1H3/t21-,23-/m0/s1. The molecule has 0 spiro atoms. The smallest absolute Gasteiger partial charge is 0.213 e. The zero-order chi connectivity index (χ0) is 18.4. The summed E-state index contributed by atoms with van der Waals surface area (Å²) >= 11 is 0. The van der Waals surface area contributed by atoms with Gasteiger partial charge < -0.3 is 9.84 Å². The van der Waals surface area contributed by atoms with Gasteiger partial charge in [0.05, 0.1) is 11.8 Å². The maximum Gasteiger partial charge on any atom is 0.213 e. The molecule has 4 heteroatoms. The molecule has 0 saturated carbocycles. The number of benzene rings is 3. The fraction of sp³-hybridized carbons (Fsp3) is 0.174. The normalized spacial score (nSPS) is 20.5. The number of hydrogen-bond acceptors (Lipinski definition) is 4. The number of hydrogen-bond donors (Lipinski definition) is 1. The van der Waals surface area contributed by atoms with Crippen LogP contribution in [-0.4, -0.2) is 15.8 Å². The molecule has 134 valence electrons. The number of phenols is 1. The lowest BCUT2D eigenvalue weighted by atomic mass is 9.95. The maximum absolute atomic E-state index is 9.63. The van der Waals surface area contributed by atoms with Crippen molar-refractivity contribution in [1.29, 1.82) is 0 Å². The monoisotopic (exact) mass is 356 g/mol. The second-order valence-electron chi connectivity index (χ2n) is 7.11. The summed E-state index contributed by atoms with van der Waals surface area (Å²) in [7, 11) is 0. The lowest BCUT2D eigenvalue weighted by Gasteiger charge is -2.38. The van der Waals surface area contributed by atoms with Crippen molar-refractivity contribution in [2.75, 3.05) is 0 Å². The number of fused-ring (bicyclic) bond motifs is 3. The van der Waals surface area contributed by atoms with Crippen molar-refractivity contribution < 1.29 is 9.84 Å². The Morgan fingerprint density at radius 1 is 0.963 bits per heavy atom. The molecular weight excluding hydrogens is 336 g/mol. The van der Waals surface area contributed by atoms with Gasteiger partial charge in [-0.3, -0.25) is 0 Å². The fourth-order valence-corrected chi connectivity index (χ4v) is 3.81. The third kappa shape index (κ3) is 2.74. The number of hydrazone groups is 1. The molecule has 0 unspecified atom stereocenters. The van der Waals surface area contributed by atoms with E-state index in [0.29, 0.717) is 0 Å². The number of ether oxygens (including phenoxy) is 1. The van der Waals surface area contributed by atoms with E-state index in [-0.39, 0.29) is 18.0 Å². The molecule has 2 aliphatic rings. The number of aryl methyl sites for hydroxylation is 1. The molecule has 1 N–H and O–H groups in total. The van der Waals surface area contributed by atoms with Gasteiger partial charge in [0.1, 0.15) is 11.5 Å². The fourth-order valence-electron chi connectivity index (χ4n) is 3.81. The Morgan fingerprint density at radius 2 is 1.70 bits per heavy atom. The highest BCUT2D eigenvalue weighted by Crippen LogP contribution is 2.47. The van der Waals surface area contributed by atoms with E-state index in [1.165, 1.54) is 11.1 Å². The molecule has 4 nitrogen and oxygen atoms in total. The SMILES string of the molecule is Cc1ccc(C2=NN3[C@@H](C2)c2ccccc2O[C@H]3c2ccc(O)cc2)cc1. The van der Waals surface area contributed by atoms with Crippen molar-refractivity contribution in [3.8, 4) is 11.5 Å². The molecule has 0 saturated heterocycles. The first-order chi connectivity index (χ1) is 13.2. The van der Waals surface area contributed by atoms with Crippen molar-refractivity contribution in [2.24, 2.45) is 5.10 Å². The van der Waals surface area contributed by atoms with Gasteiger partial charge in [-0.1, -0.05) is 48.0 Å². The molecule has 2 heterocycles. The first-order valence-corrected chi connectivity index (χ1v) is 9.16. The van der Waals surface area contributed by atoms with Crippen LogP contribution in [0.2, 0.25) is 0 Å². The summed E-state index contributed by atoms with van der Waals surface area (Å²) in [6.07, 6.45) is 0.534. The third-order valence-corrected chi connectivity index (χ3v) is 5.26. The van der Waals surface area contributed by atoms with Crippen LogP contribution in [0.15, 0.2) is 77.9 Å². The van der Waals surface area contributed by atoms with Crippen molar-refractivity contribution in [3.63, 3.8) is 0 Å². The van der Waals surface area contributed by atoms with Crippen molar-refractivity contribution in [1.82, 2.24) is 5.01 Å². The highest BCUT2D eigenvalue weighted by Gasteiger charge is 2.40. The lowest BCUT2D eigenvalue weighted by molar-refractivity contribution is -0.0190. The van der Waals surface area contributed by atoms with E-state index in [4.69, 9.17) is 9.84 Å². The minimum atomic E-state index is -0.312. The molecule has 2 aliphatic heterocycles. The predicted molar refractivity (Wildman–Crippen MR) is 105 cm³/mol. The van der Waals surface area contributed by atoms with E-state index in [1.807, 2.05) is 30.3 Å². The van der Waals surface area contributed by atoms with Gasteiger partial charge in [-0.05, 0) is 42.8 Å². The zero-order valence-corrected chi connectivity index (χ0v) is 15.0. The van der Waals surface area contributed by atoms with E-state index in [2.05, 4.69) is 42.3 Å². The highest BCUT2D eigenvalue weighted by atomic mass is 16.5. The van der Waals surface area contributed by atoms with Crippen LogP contribution >= 0.6 is 0 Å². The molecular formula is C23H20N2O2. The predicted octanol–water partition coefficient (Wildman–Crippen LogP) is 4.94. The van der Waals surface area contributed by atoms with E-state index in [1.54, 1.807) is 12.1 Å². The molecule has 3 aromatic rings. The van der Waals surface area contributed by atoms with Crippen LogP contribution < -0.4 is 4.74 Å². The Labute approximate surface area is 158 Å². The average Bonchev–Trinajstić information content (AvgIpc) is 3.14. The number of phenolic OH excluding ortho intramolecular Hbond substituents is 1. The summed E-state index contributed by atoms with van der Waals surface area (Å²) in [5.41, 5.74) is 5.60. The summed E-state index contributed by atoms with van der Waals surface area (Å²) in [4.78, 5) is 0. The van der Waals surface area contributed by atoms with Crippen LogP contribution in [0.25, 0.3) is 0 Å². The largest absolute Gasteiger partial charge is 0.508 e. The number of rotatable bonds is 2. The molecule has 0 radical (unpaired) electrons. The van der Waals surface area contributed by atoms with Crippen molar-refractivity contribution >= 4 is 5.71 Å². The second kappa shape index (κ2) is 6.16. The summed E-state index contributed by atoms with van der Waals surface area (Å²) in [6, 6.07) is 24.0. The lowest BCUT2D eigenvalue weighted by Crippen LogP contribution is -2.33. The van der Waals surface area contributed by atoms with Crippen LogP contribution in [0.5, 0.6) is 11.5 Å². The topological polar surface area (TPSA) is 45.1 Å². The Bertz CT molecular complexity index is 1010. The molecule has 27 heavy (non-hydrogen) atoms.